The largest absolute Gasteiger partial charge is 0.459 e. The lowest BCUT2D eigenvalue weighted by Gasteiger charge is -2.29. The minimum Gasteiger partial charge on any atom is -0.459 e. The average Bonchev–Trinajstić information content (AvgIpc) is 3.18. The van der Waals surface area contributed by atoms with Gasteiger partial charge in [0, 0.05) is 37.2 Å². The standard InChI is InChI=1S/C26H40N4O5/c1-16(2)13-21(29-20(11-12-31)25(34)35-26(3,4)5)24(33)30-22(23(32)27-6)14-17-15-28-19-10-8-7-9-18(17)19/h7-10,15-16,20-22,28-29,31H,11-14H2,1-6H3,(H,27,32)(H,30,33)/t20?,21-,22-/m0/s1. The Morgan fingerprint density at radius 1 is 1.06 bits per heavy atom. The van der Waals surface area contributed by atoms with E-state index >= 15 is 0 Å². The Hall–Kier alpha value is -2.91. The summed E-state index contributed by atoms with van der Waals surface area (Å²) in [4.78, 5) is 42.0. The number of hydrogen-bond donors (Lipinski definition) is 5. The van der Waals surface area contributed by atoms with Gasteiger partial charge in [-0.15, -0.1) is 0 Å². The van der Waals surface area contributed by atoms with Crippen LogP contribution in [0.5, 0.6) is 0 Å². The maximum Gasteiger partial charge on any atom is 0.323 e. The number of aromatic amines is 1. The van der Waals surface area contributed by atoms with E-state index in [1.54, 1.807) is 20.8 Å². The molecule has 0 aliphatic carbocycles. The van der Waals surface area contributed by atoms with Crippen LogP contribution >= 0.6 is 0 Å². The first kappa shape index (κ1) is 28.3. The maximum atomic E-state index is 13.4. The summed E-state index contributed by atoms with van der Waals surface area (Å²) in [5.74, 6) is -1.10. The molecule has 1 heterocycles. The number of aromatic nitrogens is 1. The van der Waals surface area contributed by atoms with Crippen molar-refractivity contribution >= 4 is 28.7 Å². The number of carbonyl (C=O) groups is 3. The summed E-state index contributed by atoms with van der Waals surface area (Å²) in [6.07, 6.45) is 2.68. The van der Waals surface area contributed by atoms with Gasteiger partial charge in [-0.2, -0.15) is 0 Å². The molecule has 0 aliphatic rings. The highest BCUT2D eigenvalue weighted by atomic mass is 16.6. The monoisotopic (exact) mass is 488 g/mol. The lowest BCUT2D eigenvalue weighted by Crippen LogP contribution is -2.56. The molecule has 2 aromatic rings. The molecule has 0 saturated heterocycles. The fraction of sp³-hybridized carbons (Fsp3) is 0.577. The van der Waals surface area contributed by atoms with E-state index in [-0.39, 0.29) is 24.9 Å². The van der Waals surface area contributed by atoms with Gasteiger partial charge >= 0.3 is 5.97 Å². The number of hydrogen-bond acceptors (Lipinski definition) is 6. The second-order valence-corrected chi connectivity index (χ2v) is 10.2. The zero-order valence-electron chi connectivity index (χ0n) is 21.6. The van der Waals surface area contributed by atoms with Crippen LogP contribution in [-0.2, 0) is 25.5 Å². The molecule has 5 N–H and O–H groups in total. The van der Waals surface area contributed by atoms with Crippen LogP contribution < -0.4 is 16.0 Å². The highest BCUT2D eigenvalue weighted by Crippen LogP contribution is 2.19. The van der Waals surface area contributed by atoms with E-state index in [1.165, 1.54) is 7.05 Å². The number of fused-ring (bicyclic) bond motifs is 1. The number of aliphatic hydroxyl groups is 1. The third kappa shape index (κ3) is 8.67. The number of esters is 1. The van der Waals surface area contributed by atoms with Gasteiger partial charge in [-0.1, -0.05) is 32.0 Å². The Morgan fingerprint density at radius 3 is 2.34 bits per heavy atom. The SMILES string of the molecule is CNC(=O)[C@H](Cc1c[nH]c2ccccc12)NC(=O)[C@H](CC(C)C)NC(CCO)C(=O)OC(C)(C)C. The van der Waals surface area contributed by atoms with Crippen molar-refractivity contribution in [3.05, 3.63) is 36.0 Å². The molecule has 0 spiro atoms. The normalized spacial score (nSPS) is 14.4. The fourth-order valence-corrected chi connectivity index (χ4v) is 3.91. The fourth-order valence-electron chi connectivity index (χ4n) is 3.91. The van der Waals surface area contributed by atoms with E-state index < -0.39 is 35.6 Å². The smallest absolute Gasteiger partial charge is 0.323 e. The molecule has 1 aromatic heterocycles. The van der Waals surface area contributed by atoms with Crippen molar-refractivity contribution in [2.45, 2.75) is 77.6 Å². The maximum absolute atomic E-state index is 13.4. The second kappa shape index (κ2) is 12.7. The van der Waals surface area contributed by atoms with Gasteiger partial charge in [0.25, 0.3) is 0 Å². The average molecular weight is 489 g/mol. The van der Waals surface area contributed by atoms with E-state index in [1.807, 2.05) is 44.3 Å². The first-order valence-corrected chi connectivity index (χ1v) is 12.1. The van der Waals surface area contributed by atoms with Gasteiger partial charge in [-0.25, -0.2) is 0 Å². The number of aliphatic hydroxyl groups excluding tert-OH is 1. The number of H-pyrrole nitrogens is 1. The summed E-state index contributed by atoms with van der Waals surface area (Å²) >= 11 is 0. The van der Waals surface area contributed by atoms with E-state index in [0.29, 0.717) is 12.8 Å². The quantitative estimate of drug-likeness (QED) is 0.291. The molecular formula is C26H40N4O5. The number of ether oxygens (including phenoxy) is 1. The molecule has 2 amide bonds. The summed E-state index contributed by atoms with van der Waals surface area (Å²) in [5, 5.41) is 19.0. The highest BCUT2D eigenvalue weighted by Gasteiger charge is 2.32. The lowest BCUT2D eigenvalue weighted by molar-refractivity contribution is -0.158. The third-order valence-electron chi connectivity index (χ3n) is 5.51. The molecule has 35 heavy (non-hydrogen) atoms. The molecular weight excluding hydrogens is 448 g/mol. The molecule has 0 aliphatic heterocycles. The van der Waals surface area contributed by atoms with Crippen molar-refractivity contribution in [3.8, 4) is 0 Å². The predicted octanol–water partition coefficient (Wildman–Crippen LogP) is 2.04. The second-order valence-electron chi connectivity index (χ2n) is 10.2. The van der Waals surface area contributed by atoms with E-state index in [2.05, 4.69) is 20.9 Å². The van der Waals surface area contributed by atoms with E-state index in [9.17, 15) is 19.5 Å². The van der Waals surface area contributed by atoms with Crippen molar-refractivity contribution < 1.29 is 24.2 Å². The summed E-state index contributed by atoms with van der Waals surface area (Å²) in [6, 6.07) is 5.35. The van der Waals surface area contributed by atoms with Crippen LogP contribution in [-0.4, -0.2) is 65.3 Å². The third-order valence-corrected chi connectivity index (χ3v) is 5.51. The number of likely N-dealkylation sites (N-methyl/N-ethyl adjacent to an activating group) is 1. The van der Waals surface area contributed by atoms with Crippen molar-refractivity contribution in [1.82, 2.24) is 20.9 Å². The predicted molar refractivity (Wildman–Crippen MR) is 136 cm³/mol. The zero-order valence-corrected chi connectivity index (χ0v) is 21.6. The number of para-hydroxylation sites is 1. The highest BCUT2D eigenvalue weighted by molar-refractivity contribution is 5.91. The van der Waals surface area contributed by atoms with Crippen molar-refractivity contribution in [2.24, 2.45) is 5.92 Å². The molecule has 3 atom stereocenters. The molecule has 9 heteroatoms. The molecule has 194 valence electrons. The topological polar surface area (TPSA) is 133 Å². The number of nitrogens with one attached hydrogen (secondary N) is 4. The lowest BCUT2D eigenvalue weighted by atomic mass is 9.99. The molecule has 0 saturated carbocycles. The van der Waals surface area contributed by atoms with E-state index in [0.717, 1.165) is 16.5 Å². The van der Waals surface area contributed by atoms with E-state index in [4.69, 9.17) is 4.74 Å². The van der Waals surface area contributed by atoms with Gasteiger partial charge in [-0.05, 0) is 51.2 Å². The van der Waals surface area contributed by atoms with Crippen molar-refractivity contribution in [2.75, 3.05) is 13.7 Å². The number of carbonyl (C=O) groups excluding carboxylic acids is 3. The van der Waals surface area contributed by atoms with Crippen LogP contribution in [0.3, 0.4) is 0 Å². The minimum absolute atomic E-state index is 0.102. The summed E-state index contributed by atoms with van der Waals surface area (Å²) in [7, 11) is 1.53. The van der Waals surface area contributed by atoms with Crippen LogP contribution in [0.25, 0.3) is 10.9 Å². The summed E-state index contributed by atoms with van der Waals surface area (Å²) < 4.78 is 5.47. The molecule has 0 radical (unpaired) electrons. The molecule has 0 fully saturated rings. The Bertz CT molecular complexity index is 995. The molecule has 2 rings (SSSR count). The Morgan fingerprint density at radius 2 is 1.74 bits per heavy atom. The number of benzene rings is 1. The van der Waals surface area contributed by atoms with Gasteiger partial charge in [0.15, 0.2) is 0 Å². The van der Waals surface area contributed by atoms with Crippen molar-refractivity contribution in [1.29, 1.82) is 0 Å². The van der Waals surface area contributed by atoms with Gasteiger partial charge in [0.05, 0.1) is 6.04 Å². The van der Waals surface area contributed by atoms with Crippen LogP contribution in [0.15, 0.2) is 30.5 Å². The van der Waals surface area contributed by atoms with Gasteiger partial charge in [0.1, 0.15) is 17.7 Å². The van der Waals surface area contributed by atoms with Crippen LogP contribution in [0.1, 0.15) is 53.0 Å². The first-order chi connectivity index (χ1) is 16.4. The van der Waals surface area contributed by atoms with Gasteiger partial charge in [0.2, 0.25) is 11.8 Å². The van der Waals surface area contributed by atoms with Crippen LogP contribution in [0, 0.1) is 5.92 Å². The first-order valence-electron chi connectivity index (χ1n) is 12.1. The van der Waals surface area contributed by atoms with Gasteiger partial charge in [-0.3, -0.25) is 19.7 Å². The Kier molecular flexibility index (Phi) is 10.3. The van der Waals surface area contributed by atoms with Crippen LogP contribution in [0.4, 0.5) is 0 Å². The Balaban J connectivity index is 2.23. The number of amides is 2. The van der Waals surface area contributed by atoms with Crippen molar-refractivity contribution in [3.63, 3.8) is 0 Å². The Labute approximate surface area is 207 Å². The minimum atomic E-state index is -0.860. The molecule has 1 unspecified atom stereocenters. The molecule has 0 bridgehead atoms. The summed E-state index contributed by atoms with van der Waals surface area (Å²) in [6.45, 7) is 8.99. The summed E-state index contributed by atoms with van der Waals surface area (Å²) in [5.41, 5.74) is 1.16. The van der Waals surface area contributed by atoms with Gasteiger partial charge < -0.3 is 25.5 Å². The zero-order chi connectivity index (χ0) is 26.2. The van der Waals surface area contributed by atoms with Crippen LogP contribution in [0.2, 0.25) is 0 Å². The molecule has 1 aromatic carbocycles. The molecule has 9 nitrogen and oxygen atoms in total. The number of rotatable bonds is 12.